The molecule has 1 rings (SSSR count). The Kier molecular flexibility index (Phi) is 6.84. The number of nitrogens with zero attached hydrogens (tertiary/aromatic N) is 1. The van der Waals surface area contributed by atoms with Gasteiger partial charge in [0, 0.05) is 19.5 Å². The summed E-state index contributed by atoms with van der Waals surface area (Å²) in [6.07, 6.45) is 2.97. The van der Waals surface area contributed by atoms with Crippen molar-refractivity contribution in [3.05, 3.63) is 0 Å². The van der Waals surface area contributed by atoms with Gasteiger partial charge in [0.2, 0.25) is 5.91 Å². The van der Waals surface area contributed by atoms with Gasteiger partial charge in [-0.05, 0) is 37.6 Å². The average molecular weight is 270 g/mol. The minimum absolute atomic E-state index is 0.0829. The van der Waals surface area contributed by atoms with E-state index in [1.54, 1.807) is 0 Å². The molecule has 5 nitrogen and oxygen atoms in total. The molecule has 1 atom stereocenters. The Morgan fingerprint density at radius 2 is 2.16 bits per heavy atom. The zero-order valence-corrected chi connectivity index (χ0v) is 12.0. The van der Waals surface area contributed by atoms with Crippen molar-refractivity contribution in [3.8, 4) is 0 Å². The van der Waals surface area contributed by atoms with Gasteiger partial charge in [-0.3, -0.25) is 14.5 Å². The molecule has 1 amide bonds. The standard InChI is InChI=1S/C14H26N2O3/c1-11(2)5-7-15-13(17)10-16-8-6-12(9-16)3-4-14(18)19/h11-12H,3-10H2,1-2H3,(H,15,17)(H,18,19). The number of carboxylic acids is 1. The van der Waals surface area contributed by atoms with Crippen LogP contribution in [0.15, 0.2) is 0 Å². The lowest BCUT2D eigenvalue weighted by molar-refractivity contribution is -0.137. The zero-order valence-electron chi connectivity index (χ0n) is 12.0. The van der Waals surface area contributed by atoms with Crippen LogP contribution >= 0.6 is 0 Å². The molecule has 2 N–H and O–H groups in total. The maximum absolute atomic E-state index is 11.7. The van der Waals surface area contributed by atoms with E-state index in [0.29, 0.717) is 18.4 Å². The predicted molar refractivity (Wildman–Crippen MR) is 73.9 cm³/mol. The zero-order chi connectivity index (χ0) is 14.3. The number of carbonyl (C=O) groups is 2. The van der Waals surface area contributed by atoms with E-state index in [1.807, 2.05) is 0 Å². The Morgan fingerprint density at radius 3 is 2.79 bits per heavy atom. The molecular weight excluding hydrogens is 244 g/mol. The lowest BCUT2D eigenvalue weighted by Crippen LogP contribution is -2.36. The van der Waals surface area contributed by atoms with Crippen LogP contribution in [0.2, 0.25) is 0 Å². The minimum atomic E-state index is -0.732. The number of hydrogen-bond acceptors (Lipinski definition) is 3. The molecule has 0 saturated carbocycles. The average Bonchev–Trinajstić information content (AvgIpc) is 2.73. The van der Waals surface area contributed by atoms with Crippen LogP contribution in [0.3, 0.4) is 0 Å². The second-order valence-corrected chi connectivity index (χ2v) is 5.85. The molecule has 1 aliphatic rings. The summed E-state index contributed by atoms with van der Waals surface area (Å²) >= 11 is 0. The molecule has 1 fully saturated rings. The Hall–Kier alpha value is -1.10. The van der Waals surface area contributed by atoms with Gasteiger partial charge in [-0.1, -0.05) is 13.8 Å². The van der Waals surface area contributed by atoms with Crippen LogP contribution in [0.1, 0.15) is 39.5 Å². The van der Waals surface area contributed by atoms with Crippen molar-refractivity contribution in [2.45, 2.75) is 39.5 Å². The molecule has 1 aliphatic heterocycles. The van der Waals surface area contributed by atoms with Crippen LogP contribution in [-0.2, 0) is 9.59 Å². The Bertz CT molecular complexity index is 305. The number of likely N-dealkylation sites (tertiary alicyclic amines) is 1. The molecule has 1 unspecified atom stereocenters. The van der Waals surface area contributed by atoms with E-state index in [2.05, 4.69) is 24.1 Å². The molecule has 110 valence electrons. The summed E-state index contributed by atoms with van der Waals surface area (Å²) in [5, 5.41) is 11.6. The van der Waals surface area contributed by atoms with Gasteiger partial charge < -0.3 is 10.4 Å². The topological polar surface area (TPSA) is 69.6 Å². The second-order valence-electron chi connectivity index (χ2n) is 5.85. The number of rotatable bonds is 8. The van der Waals surface area contributed by atoms with Crippen LogP contribution in [0.25, 0.3) is 0 Å². The van der Waals surface area contributed by atoms with Crippen molar-refractivity contribution in [3.63, 3.8) is 0 Å². The van der Waals surface area contributed by atoms with E-state index in [-0.39, 0.29) is 12.3 Å². The minimum Gasteiger partial charge on any atom is -0.481 e. The van der Waals surface area contributed by atoms with Crippen molar-refractivity contribution in [1.29, 1.82) is 0 Å². The summed E-state index contributed by atoms with van der Waals surface area (Å²) in [5.74, 6) is 0.386. The van der Waals surface area contributed by atoms with Crippen LogP contribution < -0.4 is 5.32 Å². The second kappa shape index (κ2) is 8.15. The molecule has 1 heterocycles. The SMILES string of the molecule is CC(C)CCNC(=O)CN1CCC(CCC(=O)O)C1. The largest absolute Gasteiger partial charge is 0.481 e. The van der Waals surface area contributed by atoms with Crippen molar-refractivity contribution >= 4 is 11.9 Å². The summed E-state index contributed by atoms with van der Waals surface area (Å²) in [6, 6.07) is 0. The lowest BCUT2D eigenvalue weighted by Gasteiger charge is -2.15. The highest BCUT2D eigenvalue weighted by Gasteiger charge is 2.24. The lowest BCUT2D eigenvalue weighted by atomic mass is 10.0. The van der Waals surface area contributed by atoms with E-state index >= 15 is 0 Å². The summed E-state index contributed by atoms with van der Waals surface area (Å²) in [7, 11) is 0. The molecule has 0 spiro atoms. The Morgan fingerprint density at radius 1 is 1.42 bits per heavy atom. The third kappa shape index (κ3) is 7.15. The van der Waals surface area contributed by atoms with Crippen molar-refractivity contribution < 1.29 is 14.7 Å². The van der Waals surface area contributed by atoms with Crippen LogP contribution in [0.5, 0.6) is 0 Å². The third-order valence-electron chi connectivity index (χ3n) is 3.55. The van der Waals surface area contributed by atoms with Gasteiger partial charge in [-0.2, -0.15) is 0 Å². The number of carboxylic acid groups (broad SMARTS) is 1. The van der Waals surface area contributed by atoms with Crippen LogP contribution in [0, 0.1) is 11.8 Å². The third-order valence-corrected chi connectivity index (χ3v) is 3.55. The molecular formula is C14H26N2O3. The molecule has 0 aromatic heterocycles. The number of nitrogens with one attached hydrogen (secondary N) is 1. The highest BCUT2D eigenvalue weighted by Crippen LogP contribution is 2.20. The fourth-order valence-electron chi connectivity index (χ4n) is 2.38. The Labute approximate surface area is 115 Å². The number of hydrogen-bond donors (Lipinski definition) is 2. The number of carbonyl (C=O) groups excluding carboxylic acids is 1. The Balaban J connectivity index is 2.13. The van der Waals surface area contributed by atoms with E-state index in [1.165, 1.54) is 0 Å². The predicted octanol–water partition coefficient (Wildman–Crippen LogP) is 1.34. The molecule has 5 heteroatoms. The summed E-state index contributed by atoms with van der Waals surface area (Å²) in [4.78, 5) is 24.3. The van der Waals surface area contributed by atoms with E-state index in [9.17, 15) is 9.59 Å². The highest BCUT2D eigenvalue weighted by molar-refractivity contribution is 5.78. The van der Waals surface area contributed by atoms with Gasteiger partial charge in [0.1, 0.15) is 0 Å². The van der Waals surface area contributed by atoms with Gasteiger partial charge >= 0.3 is 5.97 Å². The molecule has 19 heavy (non-hydrogen) atoms. The van der Waals surface area contributed by atoms with Gasteiger partial charge in [-0.25, -0.2) is 0 Å². The molecule has 0 bridgehead atoms. The first-order valence-electron chi connectivity index (χ1n) is 7.18. The molecule has 1 saturated heterocycles. The van der Waals surface area contributed by atoms with E-state index < -0.39 is 5.97 Å². The normalized spacial score (nSPS) is 19.8. The van der Waals surface area contributed by atoms with Crippen LogP contribution in [-0.4, -0.2) is 48.1 Å². The highest BCUT2D eigenvalue weighted by atomic mass is 16.4. The fraction of sp³-hybridized carbons (Fsp3) is 0.857. The van der Waals surface area contributed by atoms with E-state index in [4.69, 9.17) is 5.11 Å². The molecule has 0 radical (unpaired) electrons. The summed E-state index contributed by atoms with van der Waals surface area (Å²) in [6.45, 7) is 7.22. The van der Waals surface area contributed by atoms with Crippen molar-refractivity contribution in [2.24, 2.45) is 11.8 Å². The molecule has 0 aliphatic carbocycles. The van der Waals surface area contributed by atoms with E-state index in [0.717, 1.165) is 38.9 Å². The monoisotopic (exact) mass is 270 g/mol. The van der Waals surface area contributed by atoms with Gasteiger partial charge in [0.05, 0.1) is 6.54 Å². The molecule has 0 aromatic rings. The summed E-state index contributed by atoms with van der Waals surface area (Å²) < 4.78 is 0. The maximum Gasteiger partial charge on any atom is 0.303 e. The quantitative estimate of drug-likeness (QED) is 0.698. The summed E-state index contributed by atoms with van der Waals surface area (Å²) in [5.41, 5.74) is 0. The first-order valence-corrected chi connectivity index (χ1v) is 7.18. The van der Waals surface area contributed by atoms with Crippen molar-refractivity contribution in [2.75, 3.05) is 26.2 Å². The smallest absolute Gasteiger partial charge is 0.303 e. The first-order chi connectivity index (χ1) is 8.97. The van der Waals surface area contributed by atoms with Gasteiger partial charge in [0.15, 0.2) is 0 Å². The maximum atomic E-state index is 11.7. The fourth-order valence-corrected chi connectivity index (χ4v) is 2.38. The van der Waals surface area contributed by atoms with Crippen LogP contribution in [0.4, 0.5) is 0 Å². The number of aliphatic carboxylic acids is 1. The first kappa shape index (κ1) is 16.0. The van der Waals surface area contributed by atoms with Gasteiger partial charge in [0.25, 0.3) is 0 Å². The molecule has 0 aromatic carbocycles. The van der Waals surface area contributed by atoms with Gasteiger partial charge in [-0.15, -0.1) is 0 Å². The van der Waals surface area contributed by atoms with Crippen molar-refractivity contribution in [1.82, 2.24) is 10.2 Å². The number of amides is 1.